The Hall–Kier alpha value is -1.15. The van der Waals surface area contributed by atoms with Crippen molar-refractivity contribution in [1.82, 2.24) is 0 Å². The Bertz CT molecular complexity index is 723. The maximum atomic E-state index is 13.6. The molecule has 0 bridgehead atoms. The van der Waals surface area contributed by atoms with Gasteiger partial charge in [-0.3, -0.25) is 4.72 Å². The number of thiophene rings is 1. The van der Waals surface area contributed by atoms with Crippen molar-refractivity contribution >= 4 is 38.6 Å². The Morgan fingerprint density at radius 1 is 1.45 bits per heavy atom. The lowest BCUT2D eigenvalue weighted by Crippen LogP contribution is -2.13. The number of sulfonamides is 1. The van der Waals surface area contributed by atoms with Crippen LogP contribution in [-0.4, -0.2) is 13.5 Å². The fraction of sp³-hybridized carbons (Fsp3) is 0.167. The smallest absolute Gasteiger partial charge is 0.271 e. The molecule has 0 fully saturated rings. The molecule has 0 saturated carbocycles. The van der Waals surface area contributed by atoms with E-state index in [2.05, 4.69) is 4.72 Å². The van der Waals surface area contributed by atoms with Gasteiger partial charge in [0.05, 0.1) is 11.6 Å². The minimum absolute atomic E-state index is 0.00151. The van der Waals surface area contributed by atoms with Gasteiger partial charge in [-0.1, -0.05) is 17.7 Å². The van der Waals surface area contributed by atoms with E-state index < -0.39 is 15.8 Å². The molecule has 0 spiro atoms. The van der Waals surface area contributed by atoms with Crippen LogP contribution in [0.4, 0.5) is 10.1 Å². The third-order valence-electron chi connectivity index (χ3n) is 2.61. The van der Waals surface area contributed by atoms with Crippen LogP contribution in [0.25, 0.3) is 0 Å². The van der Waals surface area contributed by atoms with E-state index in [1.54, 1.807) is 6.92 Å². The highest BCUT2D eigenvalue weighted by molar-refractivity contribution is 7.94. The highest BCUT2D eigenvalue weighted by Gasteiger charge is 2.21. The van der Waals surface area contributed by atoms with E-state index >= 15 is 0 Å². The van der Waals surface area contributed by atoms with Crippen LogP contribution in [0.5, 0.6) is 0 Å². The third kappa shape index (κ3) is 2.95. The van der Waals surface area contributed by atoms with Crippen molar-refractivity contribution in [1.29, 1.82) is 0 Å². The van der Waals surface area contributed by atoms with Gasteiger partial charge in [0.2, 0.25) is 0 Å². The highest BCUT2D eigenvalue weighted by Crippen LogP contribution is 2.31. The summed E-state index contributed by atoms with van der Waals surface area (Å²) in [5.41, 5.74) is 0.378. The highest BCUT2D eigenvalue weighted by atomic mass is 35.5. The minimum atomic E-state index is -3.94. The van der Waals surface area contributed by atoms with Gasteiger partial charge in [-0.25, -0.2) is 12.8 Å². The average molecular weight is 336 g/mol. The zero-order chi connectivity index (χ0) is 14.9. The normalized spacial score (nSPS) is 11.6. The van der Waals surface area contributed by atoms with Crippen molar-refractivity contribution < 1.29 is 17.9 Å². The Labute approximate surface area is 124 Å². The predicted octanol–water partition coefficient (Wildman–Crippen LogP) is 3.14. The molecule has 0 unspecified atom stereocenters. The van der Waals surface area contributed by atoms with Crippen LogP contribution >= 0.6 is 22.9 Å². The molecule has 0 aliphatic rings. The van der Waals surface area contributed by atoms with Crippen molar-refractivity contribution in [3.63, 3.8) is 0 Å². The molecule has 0 aliphatic heterocycles. The lowest BCUT2D eigenvalue weighted by molar-refractivity contribution is 0.285. The summed E-state index contributed by atoms with van der Waals surface area (Å²) in [7, 11) is -3.94. The van der Waals surface area contributed by atoms with Gasteiger partial charge in [-0.15, -0.1) is 11.3 Å². The second kappa shape index (κ2) is 5.69. The van der Waals surface area contributed by atoms with Crippen molar-refractivity contribution in [2.24, 2.45) is 0 Å². The second-order valence-electron chi connectivity index (χ2n) is 4.03. The molecule has 2 N–H and O–H groups in total. The quantitative estimate of drug-likeness (QED) is 0.902. The minimum Gasteiger partial charge on any atom is -0.391 e. The van der Waals surface area contributed by atoms with E-state index in [1.165, 1.54) is 18.2 Å². The molecule has 0 atom stereocenters. The summed E-state index contributed by atoms with van der Waals surface area (Å²) in [6, 6.07) is 5.31. The van der Waals surface area contributed by atoms with E-state index in [4.69, 9.17) is 16.7 Å². The monoisotopic (exact) mass is 335 g/mol. The largest absolute Gasteiger partial charge is 0.391 e. The zero-order valence-corrected chi connectivity index (χ0v) is 12.7. The molecule has 0 radical (unpaired) electrons. The molecule has 20 heavy (non-hydrogen) atoms. The molecule has 0 amide bonds. The number of para-hydroxylation sites is 1. The van der Waals surface area contributed by atoms with Crippen LogP contribution in [0.2, 0.25) is 5.02 Å². The number of aliphatic hydroxyl groups excluding tert-OH is 1. The topological polar surface area (TPSA) is 66.4 Å². The lowest BCUT2D eigenvalue weighted by atomic mass is 10.3. The van der Waals surface area contributed by atoms with Gasteiger partial charge in [0.1, 0.15) is 15.7 Å². The summed E-state index contributed by atoms with van der Waals surface area (Å²) >= 11 is 6.71. The zero-order valence-electron chi connectivity index (χ0n) is 10.4. The predicted molar refractivity (Wildman–Crippen MR) is 77.2 cm³/mol. The standard InChI is InChI=1S/C12H11ClFNO3S2/c1-7-5-11(19-10(7)6-16)20(17,18)15-12-8(13)3-2-4-9(12)14/h2-5,15-16H,6H2,1H3. The van der Waals surface area contributed by atoms with Crippen LogP contribution < -0.4 is 4.72 Å². The summed E-state index contributed by atoms with van der Waals surface area (Å²) < 4.78 is 40.1. The summed E-state index contributed by atoms with van der Waals surface area (Å²) in [5.74, 6) is -0.753. The van der Waals surface area contributed by atoms with E-state index in [-0.39, 0.29) is 21.5 Å². The number of benzene rings is 1. The maximum absolute atomic E-state index is 13.6. The van der Waals surface area contributed by atoms with Crippen LogP contribution in [0.15, 0.2) is 28.5 Å². The third-order valence-corrected chi connectivity index (χ3v) is 5.97. The number of hydrogen-bond donors (Lipinski definition) is 2. The molecule has 1 aromatic carbocycles. The lowest BCUT2D eigenvalue weighted by Gasteiger charge is -2.08. The average Bonchev–Trinajstić information content (AvgIpc) is 2.76. The van der Waals surface area contributed by atoms with E-state index in [0.717, 1.165) is 17.4 Å². The van der Waals surface area contributed by atoms with Crippen molar-refractivity contribution in [3.05, 3.63) is 45.5 Å². The van der Waals surface area contributed by atoms with Gasteiger partial charge in [0.25, 0.3) is 10.0 Å². The van der Waals surface area contributed by atoms with Gasteiger partial charge < -0.3 is 5.11 Å². The van der Waals surface area contributed by atoms with Crippen LogP contribution in [0.3, 0.4) is 0 Å². The second-order valence-corrected chi connectivity index (χ2v) is 7.49. The van der Waals surface area contributed by atoms with Crippen molar-refractivity contribution in [2.45, 2.75) is 17.7 Å². The molecule has 108 valence electrons. The van der Waals surface area contributed by atoms with Crippen molar-refractivity contribution in [2.75, 3.05) is 4.72 Å². The summed E-state index contributed by atoms with van der Waals surface area (Å²) in [5, 5.41) is 9.07. The molecule has 2 aromatic rings. The molecular weight excluding hydrogens is 325 g/mol. The number of aliphatic hydroxyl groups is 1. The van der Waals surface area contributed by atoms with Crippen molar-refractivity contribution in [3.8, 4) is 0 Å². The van der Waals surface area contributed by atoms with Crippen LogP contribution in [-0.2, 0) is 16.6 Å². The van der Waals surface area contributed by atoms with Gasteiger partial charge in [-0.05, 0) is 30.7 Å². The number of aryl methyl sites for hydroxylation is 1. The van der Waals surface area contributed by atoms with E-state index in [1.807, 2.05) is 0 Å². The molecular formula is C12H11ClFNO3S2. The van der Waals surface area contributed by atoms with Gasteiger partial charge in [0.15, 0.2) is 0 Å². The summed E-state index contributed by atoms with van der Waals surface area (Å²) in [6.07, 6.45) is 0. The number of hydrogen-bond acceptors (Lipinski definition) is 4. The van der Waals surface area contributed by atoms with Crippen LogP contribution in [0, 0.1) is 12.7 Å². The first kappa shape index (κ1) is 15.2. The Kier molecular flexibility index (Phi) is 4.33. The van der Waals surface area contributed by atoms with Gasteiger partial charge >= 0.3 is 0 Å². The Balaban J connectivity index is 2.41. The number of halogens is 2. The molecule has 4 nitrogen and oxygen atoms in total. The molecule has 8 heteroatoms. The first-order chi connectivity index (χ1) is 9.35. The molecule has 0 saturated heterocycles. The SMILES string of the molecule is Cc1cc(S(=O)(=O)Nc2c(F)cccc2Cl)sc1CO. The first-order valence-corrected chi connectivity index (χ1v) is 8.20. The Morgan fingerprint density at radius 2 is 2.15 bits per heavy atom. The summed E-state index contributed by atoms with van der Waals surface area (Å²) in [6.45, 7) is 1.45. The fourth-order valence-corrected chi connectivity index (χ4v) is 4.36. The summed E-state index contributed by atoms with van der Waals surface area (Å²) in [4.78, 5) is 0.546. The fourth-order valence-electron chi connectivity index (χ4n) is 1.56. The van der Waals surface area contributed by atoms with E-state index in [0.29, 0.717) is 10.4 Å². The maximum Gasteiger partial charge on any atom is 0.271 e. The van der Waals surface area contributed by atoms with Crippen LogP contribution in [0.1, 0.15) is 10.4 Å². The van der Waals surface area contributed by atoms with Gasteiger partial charge in [0, 0.05) is 4.88 Å². The molecule has 1 heterocycles. The van der Waals surface area contributed by atoms with E-state index in [9.17, 15) is 12.8 Å². The number of anilines is 1. The number of nitrogens with one attached hydrogen (secondary N) is 1. The van der Waals surface area contributed by atoms with Gasteiger partial charge in [-0.2, -0.15) is 0 Å². The Morgan fingerprint density at radius 3 is 2.70 bits per heavy atom. The molecule has 2 rings (SSSR count). The molecule has 0 aliphatic carbocycles. The molecule has 1 aromatic heterocycles. The first-order valence-electron chi connectivity index (χ1n) is 5.52. The number of rotatable bonds is 4.